The lowest BCUT2D eigenvalue weighted by molar-refractivity contribution is -0.276. The normalized spacial score (nSPS) is 24.2. The Hall–Kier alpha value is -3.20. The number of alkyl halides is 3. The van der Waals surface area contributed by atoms with Crippen LogP contribution in [0.1, 0.15) is 15.9 Å². The highest BCUT2D eigenvalue weighted by molar-refractivity contribution is 7.87. The molecule has 2 unspecified atom stereocenters. The molecular formula is C22H22F3N3O8S. The first kappa shape index (κ1) is 28.4. The highest BCUT2D eigenvalue weighted by Crippen LogP contribution is 2.34. The van der Waals surface area contributed by atoms with E-state index in [0.717, 1.165) is 0 Å². The molecule has 3 rings (SSSR count). The first-order valence-corrected chi connectivity index (χ1v) is 12.1. The minimum Gasteiger partial charge on any atom is -0.459 e. The van der Waals surface area contributed by atoms with E-state index in [4.69, 9.17) is 24.5 Å². The lowest BCUT2D eigenvalue weighted by Gasteiger charge is -2.43. The molecule has 0 aliphatic carbocycles. The third-order valence-corrected chi connectivity index (χ3v) is 6.27. The van der Waals surface area contributed by atoms with Gasteiger partial charge in [-0.05, 0) is 23.2 Å². The second-order valence-corrected chi connectivity index (χ2v) is 9.22. The lowest BCUT2D eigenvalue weighted by atomic mass is 9.96. The third-order valence-electron chi connectivity index (χ3n) is 5.23. The number of esters is 1. The van der Waals surface area contributed by atoms with Crippen LogP contribution in [0.15, 0.2) is 65.8 Å². The van der Waals surface area contributed by atoms with Crippen molar-refractivity contribution in [3.63, 3.8) is 0 Å². The summed E-state index contributed by atoms with van der Waals surface area (Å²) in [5, 5.41) is 3.46. The van der Waals surface area contributed by atoms with Crippen LogP contribution < -0.4 is 0 Å². The predicted molar refractivity (Wildman–Crippen MR) is 120 cm³/mol. The molecule has 0 radical (unpaired) electrons. The van der Waals surface area contributed by atoms with Crippen molar-refractivity contribution < 1.29 is 49.5 Å². The number of carbonyl (C=O) groups is 1. The monoisotopic (exact) mass is 545 g/mol. The van der Waals surface area contributed by atoms with E-state index in [9.17, 15) is 26.4 Å². The number of nitrogens with zero attached hydrogens (tertiary/aromatic N) is 3. The smallest absolute Gasteiger partial charge is 0.459 e. The van der Waals surface area contributed by atoms with Crippen molar-refractivity contribution in [3.05, 3.63) is 82.2 Å². The van der Waals surface area contributed by atoms with Crippen molar-refractivity contribution in [1.29, 1.82) is 0 Å². The van der Waals surface area contributed by atoms with Crippen molar-refractivity contribution in [2.75, 3.05) is 13.7 Å². The van der Waals surface area contributed by atoms with E-state index in [2.05, 4.69) is 14.2 Å². The van der Waals surface area contributed by atoms with E-state index in [1.807, 2.05) is 0 Å². The molecule has 15 heteroatoms. The molecular weight excluding hydrogens is 523 g/mol. The molecule has 0 aromatic heterocycles. The van der Waals surface area contributed by atoms with Crippen LogP contribution in [0.2, 0.25) is 0 Å². The topological polar surface area (TPSA) is 146 Å². The van der Waals surface area contributed by atoms with Gasteiger partial charge in [-0.25, -0.2) is 4.79 Å². The molecule has 0 N–H and O–H groups in total. The molecule has 0 spiro atoms. The summed E-state index contributed by atoms with van der Waals surface area (Å²) < 4.78 is 89.5. The van der Waals surface area contributed by atoms with Gasteiger partial charge in [0.05, 0.1) is 18.2 Å². The highest BCUT2D eigenvalue weighted by Gasteiger charge is 2.55. The summed E-state index contributed by atoms with van der Waals surface area (Å²) in [6, 6.07) is 14.5. The second kappa shape index (κ2) is 12.4. The van der Waals surface area contributed by atoms with Crippen LogP contribution >= 0.6 is 0 Å². The molecule has 1 aliphatic rings. The quantitative estimate of drug-likeness (QED) is 0.110. The van der Waals surface area contributed by atoms with Gasteiger partial charge in [0.25, 0.3) is 0 Å². The van der Waals surface area contributed by atoms with Crippen molar-refractivity contribution >= 4 is 16.1 Å². The number of azide groups is 1. The van der Waals surface area contributed by atoms with E-state index in [-0.39, 0.29) is 12.2 Å². The van der Waals surface area contributed by atoms with E-state index in [1.54, 1.807) is 48.5 Å². The molecule has 0 bridgehead atoms. The van der Waals surface area contributed by atoms with Crippen molar-refractivity contribution in [2.24, 2.45) is 5.11 Å². The number of hydrogen-bond donors (Lipinski definition) is 0. The van der Waals surface area contributed by atoms with Crippen LogP contribution in [0.4, 0.5) is 13.2 Å². The minimum absolute atomic E-state index is 0.113. The van der Waals surface area contributed by atoms with Crippen LogP contribution in [0, 0.1) is 0 Å². The first-order chi connectivity index (χ1) is 17.6. The van der Waals surface area contributed by atoms with Crippen LogP contribution in [-0.2, 0) is 39.9 Å². The number of carbonyl (C=O) groups excluding carboxylic acids is 1. The Balaban J connectivity index is 1.91. The number of halogens is 3. The molecule has 5 atom stereocenters. The number of benzene rings is 2. The van der Waals surface area contributed by atoms with E-state index in [1.165, 1.54) is 19.2 Å². The van der Waals surface area contributed by atoms with E-state index in [0.29, 0.717) is 5.56 Å². The highest BCUT2D eigenvalue weighted by atomic mass is 32.2. The molecule has 200 valence electrons. The van der Waals surface area contributed by atoms with Crippen molar-refractivity contribution in [1.82, 2.24) is 0 Å². The maximum Gasteiger partial charge on any atom is 0.523 e. The molecule has 2 aromatic carbocycles. The summed E-state index contributed by atoms with van der Waals surface area (Å²) in [6.45, 7) is -0.868. The van der Waals surface area contributed by atoms with E-state index < -0.39 is 58.8 Å². The van der Waals surface area contributed by atoms with Gasteiger partial charge in [0, 0.05) is 12.0 Å². The second-order valence-electron chi connectivity index (χ2n) is 7.66. The Morgan fingerprint density at radius 1 is 1.08 bits per heavy atom. The summed E-state index contributed by atoms with van der Waals surface area (Å²) in [4.78, 5) is 15.0. The zero-order valence-corrected chi connectivity index (χ0v) is 20.0. The Bertz CT molecular complexity index is 1190. The van der Waals surface area contributed by atoms with Gasteiger partial charge < -0.3 is 18.9 Å². The standard InChI is InChI=1S/C22H22F3N3O8S/c1-32-21-19(33-12-14-8-4-2-5-9-14)17(27-28-26)18(36-37(30,31)22(23,24)25)16(35-21)13-34-20(29)15-10-6-3-7-11-15/h2-11,16-19,21H,12-13H2,1H3/t16?,17-,18-,19?,21-/m0/s1. The average Bonchev–Trinajstić information content (AvgIpc) is 2.88. The van der Waals surface area contributed by atoms with Crippen LogP contribution in [0.3, 0.4) is 0 Å². The molecule has 0 saturated carbocycles. The van der Waals surface area contributed by atoms with Gasteiger partial charge in [-0.1, -0.05) is 53.6 Å². The maximum absolute atomic E-state index is 13.2. The molecule has 1 aliphatic heterocycles. The fourth-order valence-corrected chi connectivity index (χ4v) is 4.13. The molecule has 2 aromatic rings. The summed E-state index contributed by atoms with van der Waals surface area (Å²) >= 11 is 0. The third kappa shape index (κ3) is 7.19. The number of hydrogen-bond acceptors (Lipinski definition) is 9. The Kier molecular flexibility index (Phi) is 9.48. The fraction of sp³-hybridized carbons (Fsp3) is 0.409. The SMILES string of the molecule is CO[C@H]1OC(COC(=O)c2ccccc2)[C@H](OS(=O)(=O)C(F)(F)F)[C@H](N=[N+]=[N-])C1OCc1ccccc1. The van der Waals surface area contributed by atoms with Gasteiger partial charge in [0.1, 0.15) is 24.9 Å². The summed E-state index contributed by atoms with van der Waals surface area (Å²) in [6.07, 6.45) is -6.48. The number of rotatable bonds is 10. The maximum atomic E-state index is 13.2. The zero-order valence-electron chi connectivity index (χ0n) is 19.2. The summed E-state index contributed by atoms with van der Waals surface area (Å²) in [5.41, 5.74) is 4.10. The van der Waals surface area contributed by atoms with Crippen LogP contribution in [0.25, 0.3) is 10.4 Å². The zero-order chi connectivity index (χ0) is 27.1. The predicted octanol–water partition coefficient (Wildman–Crippen LogP) is 3.71. The molecule has 1 saturated heterocycles. The Labute approximate surface area is 209 Å². The average molecular weight is 545 g/mol. The van der Waals surface area contributed by atoms with Crippen molar-refractivity contribution in [3.8, 4) is 0 Å². The largest absolute Gasteiger partial charge is 0.523 e. The van der Waals surface area contributed by atoms with E-state index >= 15 is 0 Å². The molecule has 0 amide bonds. The van der Waals surface area contributed by atoms with Gasteiger partial charge in [-0.15, -0.1) is 0 Å². The van der Waals surface area contributed by atoms with Gasteiger partial charge in [0.2, 0.25) is 0 Å². The molecule has 37 heavy (non-hydrogen) atoms. The molecule has 1 fully saturated rings. The Morgan fingerprint density at radius 2 is 1.70 bits per heavy atom. The van der Waals surface area contributed by atoms with Gasteiger partial charge in [-0.3, -0.25) is 4.18 Å². The molecule has 1 heterocycles. The van der Waals surface area contributed by atoms with Gasteiger partial charge >= 0.3 is 21.6 Å². The Morgan fingerprint density at radius 3 is 2.27 bits per heavy atom. The van der Waals surface area contributed by atoms with Crippen LogP contribution in [-0.4, -0.2) is 64.3 Å². The van der Waals surface area contributed by atoms with Gasteiger partial charge in [-0.2, -0.15) is 21.6 Å². The summed E-state index contributed by atoms with van der Waals surface area (Å²) in [5.74, 6) is -0.863. The summed E-state index contributed by atoms with van der Waals surface area (Å²) in [7, 11) is -5.00. The fourth-order valence-electron chi connectivity index (χ4n) is 3.49. The number of methoxy groups -OCH3 is 1. The minimum atomic E-state index is -6.19. The number of ether oxygens (including phenoxy) is 4. The van der Waals surface area contributed by atoms with Crippen molar-refractivity contribution in [2.45, 2.75) is 42.8 Å². The molecule has 11 nitrogen and oxygen atoms in total. The van der Waals surface area contributed by atoms with Crippen LogP contribution in [0.5, 0.6) is 0 Å². The lowest BCUT2D eigenvalue weighted by Crippen LogP contribution is -2.61. The first-order valence-electron chi connectivity index (χ1n) is 10.7. The van der Waals surface area contributed by atoms with Gasteiger partial charge in [0.15, 0.2) is 6.29 Å².